The van der Waals surface area contributed by atoms with Gasteiger partial charge in [0.2, 0.25) is 5.91 Å². The predicted molar refractivity (Wildman–Crippen MR) is 108 cm³/mol. The number of para-hydroxylation sites is 1. The Morgan fingerprint density at radius 1 is 1.08 bits per heavy atom. The Morgan fingerprint density at radius 3 is 2.42 bits per heavy atom. The molecule has 1 atom stereocenters. The molecule has 1 amide bonds. The van der Waals surface area contributed by atoms with Crippen molar-refractivity contribution in [1.82, 2.24) is 5.32 Å². The van der Waals surface area contributed by atoms with Crippen LogP contribution in [0.15, 0.2) is 59.6 Å². The molecule has 136 valence electrons. The number of nitrogens with one attached hydrogen (secondary N) is 1. The molecule has 4 nitrogen and oxygen atoms in total. The summed E-state index contributed by atoms with van der Waals surface area (Å²) >= 11 is 0. The van der Waals surface area contributed by atoms with Crippen molar-refractivity contribution in [2.75, 3.05) is 18.0 Å². The van der Waals surface area contributed by atoms with Gasteiger partial charge in [0.05, 0.1) is 0 Å². The van der Waals surface area contributed by atoms with E-state index in [1.807, 2.05) is 30.3 Å². The van der Waals surface area contributed by atoms with Gasteiger partial charge >= 0.3 is 0 Å². The van der Waals surface area contributed by atoms with Gasteiger partial charge in [0.25, 0.3) is 0 Å². The average molecular weight is 370 g/mol. The van der Waals surface area contributed by atoms with Crippen LogP contribution in [0.2, 0.25) is 0 Å². The van der Waals surface area contributed by atoms with E-state index in [9.17, 15) is 4.79 Å². The lowest BCUT2D eigenvalue weighted by Crippen LogP contribution is -2.56. The van der Waals surface area contributed by atoms with Crippen molar-refractivity contribution in [3.05, 3.63) is 65.7 Å². The number of benzene rings is 2. The first-order chi connectivity index (χ1) is 11.9. The van der Waals surface area contributed by atoms with Crippen LogP contribution in [0.3, 0.4) is 0 Å². The van der Waals surface area contributed by atoms with Crippen molar-refractivity contribution < 1.29 is 4.79 Å². The topological polar surface area (TPSA) is 44.7 Å². The third-order valence-corrected chi connectivity index (χ3v) is 5.00. The molecule has 5 heteroatoms. The summed E-state index contributed by atoms with van der Waals surface area (Å²) in [5, 5.41) is 3.24. The molecule has 0 fully saturated rings. The molecule has 0 bridgehead atoms. The largest absolute Gasteiger partial charge is 0.336 e. The van der Waals surface area contributed by atoms with Gasteiger partial charge in [-0.1, -0.05) is 62.4 Å². The molecule has 4 rings (SSSR count). The zero-order valence-corrected chi connectivity index (χ0v) is 16.1. The van der Waals surface area contributed by atoms with Crippen LogP contribution in [-0.4, -0.2) is 24.8 Å². The Hall–Kier alpha value is -2.33. The molecule has 2 aliphatic rings. The minimum absolute atomic E-state index is 0. The minimum Gasteiger partial charge on any atom is -0.336 e. The lowest BCUT2D eigenvalue weighted by Gasteiger charge is -2.40. The zero-order valence-electron chi connectivity index (χ0n) is 15.3. The van der Waals surface area contributed by atoms with Crippen molar-refractivity contribution in [3.63, 3.8) is 0 Å². The summed E-state index contributed by atoms with van der Waals surface area (Å²) in [6.07, 6.45) is 0. The fraction of sp³-hybridized carbons (Fsp3) is 0.333. The quantitative estimate of drug-likeness (QED) is 0.876. The van der Waals surface area contributed by atoms with Gasteiger partial charge in [-0.15, -0.1) is 12.4 Å². The van der Waals surface area contributed by atoms with Crippen LogP contribution in [0.4, 0.5) is 5.69 Å². The maximum atomic E-state index is 12.2. The first-order valence-corrected chi connectivity index (χ1v) is 8.70. The number of hydrogen-bond donors (Lipinski definition) is 1. The molecule has 1 N–H and O–H groups in total. The van der Waals surface area contributed by atoms with Gasteiger partial charge in [-0.25, -0.2) is 0 Å². The van der Waals surface area contributed by atoms with Crippen LogP contribution < -0.4 is 10.2 Å². The molecule has 2 heterocycles. The fourth-order valence-electron chi connectivity index (χ4n) is 4.03. The average Bonchev–Trinajstić information content (AvgIpc) is 2.85. The number of anilines is 1. The maximum absolute atomic E-state index is 12.2. The third-order valence-electron chi connectivity index (χ3n) is 5.00. The molecule has 0 saturated carbocycles. The molecular weight excluding hydrogens is 346 g/mol. The predicted octanol–water partition coefficient (Wildman–Crippen LogP) is 3.75. The van der Waals surface area contributed by atoms with Gasteiger partial charge in [-0.3, -0.25) is 9.79 Å². The van der Waals surface area contributed by atoms with Gasteiger partial charge in [0.15, 0.2) is 5.54 Å². The SMILES string of the molecule is CC(=O)NC1(c2ccccc2)C2=NCC(C)(C)CN2c2ccccc21.Cl. The van der Waals surface area contributed by atoms with Gasteiger partial charge in [-0.05, 0) is 11.6 Å². The Morgan fingerprint density at radius 2 is 1.73 bits per heavy atom. The molecule has 2 aromatic carbocycles. The number of amidine groups is 1. The Bertz CT molecular complexity index is 863. The molecule has 26 heavy (non-hydrogen) atoms. The van der Waals surface area contributed by atoms with E-state index in [0.717, 1.165) is 35.7 Å². The van der Waals surface area contributed by atoms with Crippen LogP contribution in [-0.2, 0) is 10.3 Å². The van der Waals surface area contributed by atoms with Gasteiger partial charge in [-0.2, -0.15) is 0 Å². The van der Waals surface area contributed by atoms with Crippen LogP contribution >= 0.6 is 12.4 Å². The fourth-order valence-corrected chi connectivity index (χ4v) is 4.03. The van der Waals surface area contributed by atoms with Crippen LogP contribution in [0.25, 0.3) is 0 Å². The van der Waals surface area contributed by atoms with Crippen molar-refractivity contribution >= 4 is 29.8 Å². The minimum atomic E-state index is -0.722. The lowest BCUT2D eigenvalue weighted by molar-refractivity contribution is -0.119. The first-order valence-electron chi connectivity index (χ1n) is 8.70. The number of aliphatic imine (C=N–C) groups is 1. The number of rotatable bonds is 2. The van der Waals surface area contributed by atoms with Gasteiger partial charge in [0.1, 0.15) is 5.84 Å². The third kappa shape index (κ3) is 2.69. The van der Waals surface area contributed by atoms with E-state index < -0.39 is 5.54 Å². The highest BCUT2D eigenvalue weighted by molar-refractivity contribution is 6.15. The summed E-state index contributed by atoms with van der Waals surface area (Å²) in [5.41, 5.74) is 2.64. The second-order valence-corrected chi connectivity index (χ2v) is 7.70. The van der Waals surface area contributed by atoms with Crippen molar-refractivity contribution in [1.29, 1.82) is 0 Å². The number of carbonyl (C=O) groups is 1. The molecule has 2 aliphatic heterocycles. The highest BCUT2D eigenvalue weighted by atomic mass is 35.5. The van der Waals surface area contributed by atoms with Crippen molar-refractivity contribution in [2.45, 2.75) is 26.3 Å². The van der Waals surface area contributed by atoms with Crippen molar-refractivity contribution in [3.8, 4) is 0 Å². The standard InChI is InChI=1S/C21H23N3O.ClH/c1-15(25)23-21(16-9-5-4-6-10-16)17-11-7-8-12-18(17)24-14-20(2,3)13-22-19(21)24;/h4-12H,13-14H2,1-3H3,(H,23,25);1H. The highest BCUT2D eigenvalue weighted by Crippen LogP contribution is 2.47. The normalized spacial score (nSPS) is 22.6. The number of carbonyl (C=O) groups excluding carboxylic acids is 1. The summed E-state index contributed by atoms with van der Waals surface area (Å²) in [7, 11) is 0. The number of nitrogens with zero attached hydrogens (tertiary/aromatic N) is 2. The van der Waals surface area contributed by atoms with E-state index >= 15 is 0 Å². The van der Waals surface area contributed by atoms with Crippen molar-refractivity contribution in [2.24, 2.45) is 10.4 Å². The van der Waals surface area contributed by atoms with E-state index in [4.69, 9.17) is 4.99 Å². The molecule has 0 spiro atoms. The van der Waals surface area contributed by atoms with Crippen LogP contribution in [0, 0.1) is 5.41 Å². The first kappa shape index (κ1) is 18.5. The molecule has 0 saturated heterocycles. The van der Waals surface area contributed by atoms with E-state index in [0.29, 0.717) is 0 Å². The molecular formula is C21H24ClN3O. The zero-order chi connectivity index (χ0) is 17.7. The smallest absolute Gasteiger partial charge is 0.218 e. The van der Waals surface area contributed by atoms with E-state index in [-0.39, 0.29) is 23.7 Å². The van der Waals surface area contributed by atoms with Crippen LogP contribution in [0.5, 0.6) is 0 Å². The molecule has 0 aliphatic carbocycles. The summed E-state index contributed by atoms with van der Waals surface area (Å²) in [5.74, 6) is 0.863. The molecule has 0 aromatic heterocycles. The Labute approximate surface area is 160 Å². The second-order valence-electron chi connectivity index (χ2n) is 7.70. The molecule has 0 radical (unpaired) electrons. The van der Waals surface area contributed by atoms with Gasteiger partial charge in [0, 0.05) is 36.7 Å². The number of halogens is 1. The summed E-state index contributed by atoms with van der Waals surface area (Å²) in [6, 6.07) is 18.5. The molecule has 2 aromatic rings. The van der Waals surface area contributed by atoms with E-state index in [1.165, 1.54) is 0 Å². The summed E-state index contributed by atoms with van der Waals surface area (Å²) < 4.78 is 0. The summed E-state index contributed by atoms with van der Waals surface area (Å²) in [6.45, 7) is 7.68. The second kappa shape index (κ2) is 6.44. The van der Waals surface area contributed by atoms with Crippen LogP contribution in [0.1, 0.15) is 31.9 Å². The maximum Gasteiger partial charge on any atom is 0.218 e. The van der Waals surface area contributed by atoms with E-state index in [1.54, 1.807) is 6.92 Å². The summed E-state index contributed by atoms with van der Waals surface area (Å²) in [4.78, 5) is 19.5. The highest BCUT2D eigenvalue weighted by Gasteiger charge is 2.52. The van der Waals surface area contributed by atoms with E-state index in [2.05, 4.69) is 48.3 Å². The Balaban J connectivity index is 0.00000196. The number of hydrogen-bond acceptors (Lipinski definition) is 3. The lowest BCUT2D eigenvalue weighted by atomic mass is 9.82. The Kier molecular flexibility index (Phi) is 4.57. The number of fused-ring (bicyclic) bond motifs is 3. The number of amides is 1. The van der Waals surface area contributed by atoms with Gasteiger partial charge < -0.3 is 10.2 Å². The monoisotopic (exact) mass is 369 g/mol. The molecule has 1 unspecified atom stereocenters.